The molecule has 0 saturated heterocycles. The number of aryl methyl sites for hydroxylation is 1. The number of carbonyl (C=O) groups excluding carboxylic acids is 1. The molecule has 0 aromatic carbocycles. The van der Waals surface area contributed by atoms with Gasteiger partial charge < -0.3 is 10.1 Å². The van der Waals surface area contributed by atoms with Gasteiger partial charge in [0.2, 0.25) is 0 Å². The Balaban J connectivity index is 2.06. The Morgan fingerprint density at radius 1 is 1.32 bits per heavy atom. The highest BCUT2D eigenvalue weighted by molar-refractivity contribution is 5.90. The van der Waals surface area contributed by atoms with Crippen molar-refractivity contribution in [3.8, 4) is 0 Å². The molecular weight excluding hydrogens is 242 g/mol. The van der Waals surface area contributed by atoms with Crippen molar-refractivity contribution in [3.05, 3.63) is 53.5 Å². The van der Waals surface area contributed by atoms with Crippen molar-refractivity contribution in [2.45, 2.75) is 13.5 Å². The molecule has 0 aliphatic rings. The quantitative estimate of drug-likeness (QED) is 0.850. The van der Waals surface area contributed by atoms with Gasteiger partial charge in [-0.1, -0.05) is 6.07 Å². The SMILES string of the molecule is COC(=O)c1ccc(NCc2ccccn2)nc1C. The molecule has 2 rings (SSSR count). The van der Waals surface area contributed by atoms with E-state index in [1.165, 1.54) is 7.11 Å². The zero-order valence-corrected chi connectivity index (χ0v) is 10.9. The van der Waals surface area contributed by atoms with Crippen LogP contribution in [0.25, 0.3) is 0 Å². The molecule has 0 aliphatic carbocycles. The minimum Gasteiger partial charge on any atom is -0.465 e. The van der Waals surface area contributed by atoms with E-state index in [1.807, 2.05) is 18.2 Å². The number of nitrogens with one attached hydrogen (secondary N) is 1. The van der Waals surface area contributed by atoms with E-state index in [-0.39, 0.29) is 5.97 Å². The van der Waals surface area contributed by atoms with E-state index in [4.69, 9.17) is 0 Å². The van der Waals surface area contributed by atoms with Gasteiger partial charge in [0.15, 0.2) is 0 Å². The largest absolute Gasteiger partial charge is 0.465 e. The number of carbonyl (C=O) groups is 1. The summed E-state index contributed by atoms with van der Waals surface area (Å²) in [6.07, 6.45) is 1.75. The molecule has 5 nitrogen and oxygen atoms in total. The van der Waals surface area contributed by atoms with E-state index >= 15 is 0 Å². The van der Waals surface area contributed by atoms with Crippen LogP contribution in [0.2, 0.25) is 0 Å². The number of rotatable bonds is 4. The summed E-state index contributed by atoms with van der Waals surface area (Å²) >= 11 is 0. The molecular formula is C14H15N3O2. The fourth-order valence-electron chi connectivity index (χ4n) is 1.67. The standard InChI is InChI=1S/C14H15N3O2/c1-10-12(14(18)19-2)6-7-13(17-10)16-9-11-5-3-4-8-15-11/h3-8H,9H2,1-2H3,(H,16,17). The molecule has 1 N–H and O–H groups in total. The zero-order valence-electron chi connectivity index (χ0n) is 10.9. The van der Waals surface area contributed by atoms with Crippen molar-refractivity contribution < 1.29 is 9.53 Å². The van der Waals surface area contributed by atoms with Crippen LogP contribution in [-0.4, -0.2) is 23.0 Å². The molecule has 0 spiro atoms. The molecule has 0 unspecified atom stereocenters. The molecule has 0 saturated carbocycles. The lowest BCUT2D eigenvalue weighted by Gasteiger charge is -2.08. The van der Waals surface area contributed by atoms with Crippen LogP contribution in [0.5, 0.6) is 0 Å². The van der Waals surface area contributed by atoms with E-state index < -0.39 is 0 Å². The van der Waals surface area contributed by atoms with Crippen LogP contribution in [0.15, 0.2) is 36.5 Å². The zero-order chi connectivity index (χ0) is 13.7. The van der Waals surface area contributed by atoms with Crippen LogP contribution in [-0.2, 0) is 11.3 Å². The lowest BCUT2D eigenvalue weighted by atomic mass is 10.2. The number of hydrogen-bond donors (Lipinski definition) is 1. The van der Waals surface area contributed by atoms with Crippen molar-refractivity contribution in [2.24, 2.45) is 0 Å². The molecule has 2 aromatic heterocycles. The highest BCUT2D eigenvalue weighted by Crippen LogP contribution is 2.12. The molecule has 0 bridgehead atoms. The van der Waals surface area contributed by atoms with Crippen LogP contribution >= 0.6 is 0 Å². The Morgan fingerprint density at radius 3 is 2.79 bits per heavy atom. The van der Waals surface area contributed by atoms with Gasteiger partial charge in [-0.2, -0.15) is 0 Å². The summed E-state index contributed by atoms with van der Waals surface area (Å²) in [6, 6.07) is 9.19. The van der Waals surface area contributed by atoms with E-state index in [0.717, 1.165) is 5.69 Å². The number of methoxy groups -OCH3 is 1. The first-order valence-corrected chi connectivity index (χ1v) is 5.90. The van der Waals surface area contributed by atoms with Gasteiger partial charge in [0, 0.05) is 6.20 Å². The number of nitrogens with zero attached hydrogens (tertiary/aromatic N) is 2. The summed E-state index contributed by atoms with van der Waals surface area (Å²) in [6.45, 7) is 2.36. The van der Waals surface area contributed by atoms with E-state index in [9.17, 15) is 4.79 Å². The second-order valence-electron chi connectivity index (χ2n) is 4.00. The number of hydrogen-bond acceptors (Lipinski definition) is 5. The molecule has 0 atom stereocenters. The van der Waals surface area contributed by atoms with Gasteiger partial charge in [0.1, 0.15) is 5.82 Å². The average Bonchev–Trinajstić information content (AvgIpc) is 2.45. The van der Waals surface area contributed by atoms with Gasteiger partial charge in [-0.15, -0.1) is 0 Å². The van der Waals surface area contributed by atoms with E-state index in [2.05, 4.69) is 20.0 Å². The fourth-order valence-corrected chi connectivity index (χ4v) is 1.67. The third-order valence-electron chi connectivity index (χ3n) is 2.67. The second-order valence-corrected chi connectivity index (χ2v) is 4.00. The lowest BCUT2D eigenvalue weighted by molar-refractivity contribution is 0.0599. The number of esters is 1. The maximum absolute atomic E-state index is 11.4. The molecule has 0 fully saturated rings. The predicted octanol–water partition coefficient (Wildman–Crippen LogP) is 2.18. The minimum absolute atomic E-state index is 0.374. The molecule has 19 heavy (non-hydrogen) atoms. The lowest BCUT2D eigenvalue weighted by Crippen LogP contribution is -2.08. The fraction of sp³-hybridized carbons (Fsp3) is 0.214. The molecule has 5 heteroatoms. The highest BCUT2D eigenvalue weighted by Gasteiger charge is 2.10. The Kier molecular flexibility index (Phi) is 4.07. The van der Waals surface area contributed by atoms with Crippen LogP contribution in [0.3, 0.4) is 0 Å². The molecule has 2 aromatic rings. The van der Waals surface area contributed by atoms with Gasteiger partial charge in [0.05, 0.1) is 30.6 Å². The molecule has 2 heterocycles. The van der Waals surface area contributed by atoms with Crippen molar-refractivity contribution in [3.63, 3.8) is 0 Å². The Hall–Kier alpha value is -2.43. The first-order chi connectivity index (χ1) is 9.20. The summed E-state index contributed by atoms with van der Waals surface area (Å²) in [5.74, 6) is 0.331. The van der Waals surface area contributed by atoms with Crippen molar-refractivity contribution in [1.82, 2.24) is 9.97 Å². The molecule has 0 amide bonds. The Labute approximate surface area is 111 Å². The normalized spacial score (nSPS) is 10.0. The predicted molar refractivity (Wildman–Crippen MR) is 71.9 cm³/mol. The maximum atomic E-state index is 11.4. The topological polar surface area (TPSA) is 64.1 Å². The van der Waals surface area contributed by atoms with Gasteiger partial charge in [-0.25, -0.2) is 9.78 Å². The second kappa shape index (κ2) is 5.95. The third kappa shape index (κ3) is 3.28. The first-order valence-electron chi connectivity index (χ1n) is 5.90. The van der Waals surface area contributed by atoms with Gasteiger partial charge in [-0.05, 0) is 31.2 Å². The number of ether oxygens (including phenoxy) is 1. The smallest absolute Gasteiger partial charge is 0.339 e. The van der Waals surface area contributed by atoms with Gasteiger partial charge >= 0.3 is 5.97 Å². The summed E-state index contributed by atoms with van der Waals surface area (Å²) in [7, 11) is 1.36. The van der Waals surface area contributed by atoms with Crippen LogP contribution in [0.4, 0.5) is 5.82 Å². The first kappa shape index (κ1) is 13.0. The van der Waals surface area contributed by atoms with Crippen molar-refractivity contribution >= 4 is 11.8 Å². The van der Waals surface area contributed by atoms with E-state index in [0.29, 0.717) is 23.6 Å². The minimum atomic E-state index is -0.374. The summed E-state index contributed by atoms with van der Waals surface area (Å²) < 4.78 is 4.68. The number of pyridine rings is 2. The van der Waals surface area contributed by atoms with Crippen LogP contribution in [0.1, 0.15) is 21.7 Å². The Bertz CT molecular complexity index is 570. The molecule has 98 valence electrons. The van der Waals surface area contributed by atoms with Gasteiger partial charge in [-0.3, -0.25) is 4.98 Å². The third-order valence-corrected chi connectivity index (χ3v) is 2.67. The van der Waals surface area contributed by atoms with Crippen molar-refractivity contribution in [2.75, 3.05) is 12.4 Å². The summed E-state index contributed by atoms with van der Waals surface area (Å²) in [5.41, 5.74) is 2.04. The highest BCUT2D eigenvalue weighted by atomic mass is 16.5. The molecule has 0 aliphatic heterocycles. The van der Waals surface area contributed by atoms with Crippen LogP contribution < -0.4 is 5.32 Å². The molecule has 0 radical (unpaired) electrons. The Morgan fingerprint density at radius 2 is 2.16 bits per heavy atom. The van der Waals surface area contributed by atoms with E-state index in [1.54, 1.807) is 25.3 Å². The number of anilines is 1. The summed E-state index contributed by atoms with van der Waals surface area (Å²) in [4.78, 5) is 20.0. The average molecular weight is 257 g/mol. The number of aromatic nitrogens is 2. The monoisotopic (exact) mass is 257 g/mol. The van der Waals surface area contributed by atoms with Gasteiger partial charge in [0.25, 0.3) is 0 Å². The maximum Gasteiger partial charge on any atom is 0.339 e. The van der Waals surface area contributed by atoms with Crippen LogP contribution in [0, 0.1) is 6.92 Å². The summed E-state index contributed by atoms with van der Waals surface area (Å²) in [5, 5.41) is 3.16. The van der Waals surface area contributed by atoms with Crippen molar-refractivity contribution in [1.29, 1.82) is 0 Å².